The van der Waals surface area contributed by atoms with Crippen molar-refractivity contribution < 1.29 is 122 Å². The van der Waals surface area contributed by atoms with Crippen LogP contribution in [0.3, 0.4) is 0 Å². The van der Waals surface area contributed by atoms with Gasteiger partial charge < -0.3 is 144 Å². The highest BCUT2D eigenvalue weighted by Gasteiger charge is 2.40. The van der Waals surface area contributed by atoms with E-state index in [-0.39, 0.29) is 62.3 Å². The number of unbranched alkanes of at least 4 members (excludes halogenated alkanes) is 2. The molecule has 0 spiro atoms. The Bertz CT molecular complexity index is 3800. The second-order valence-electron chi connectivity index (χ2n) is 27.2. The number of hydrogen-bond acceptors (Lipinski definition) is 27. The molecule has 32 N–H and O–H groups in total. The van der Waals surface area contributed by atoms with E-state index in [0.29, 0.717) is 30.5 Å². The molecule has 0 aliphatic heterocycles. The highest BCUT2D eigenvalue weighted by molar-refractivity contribution is 6.01. The van der Waals surface area contributed by atoms with E-state index in [1.807, 2.05) is 5.32 Å². The van der Waals surface area contributed by atoms with Crippen LogP contribution in [0.5, 0.6) is 11.5 Å². The Labute approximate surface area is 658 Å². The Kier molecular flexibility index (Phi) is 41.8. The van der Waals surface area contributed by atoms with Gasteiger partial charge in [-0.25, -0.2) is 9.78 Å². The molecule has 0 saturated heterocycles. The summed E-state index contributed by atoms with van der Waals surface area (Å²) in [4.78, 5) is 235. The number of aromatic nitrogens is 2. The highest BCUT2D eigenvalue weighted by atomic mass is 16.4. The van der Waals surface area contributed by atoms with Crippen LogP contribution < -0.4 is 97.8 Å². The van der Waals surface area contributed by atoms with Crippen molar-refractivity contribution in [3.05, 3.63) is 77.9 Å². The second kappa shape index (κ2) is 49.5. The summed E-state index contributed by atoms with van der Waals surface area (Å²) in [7, 11) is 0. The molecule has 0 saturated carbocycles. The zero-order chi connectivity index (χ0) is 86.3. The molecule has 3 aromatic rings. The van der Waals surface area contributed by atoms with E-state index in [2.05, 4.69) is 73.8 Å². The third-order valence-corrected chi connectivity index (χ3v) is 17.3. The quantitative estimate of drug-likeness (QED) is 0.0233. The van der Waals surface area contributed by atoms with E-state index < -0.39 is 249 Å². The van der Waals surface area contributed by atoms with Gasteiger partial charge in [-0.05, 0) is 113 Å². The van der Waals surface area contributed by atoms with E-state index in [1.165, 1.54) is 74.9 Å². The van der Waals surface area contributed by atoms with Crippen LogP contribution in [0.25, 0.3) is 0 Å². The second-order valence-corrected chi connectivity index (χ2v) is 27.2. The summed E-state index contributed by atoms with van der Waals surface area (Å²) in [5, 5.41) is 111. The molecule has 15 atom stereocenters. The van der Waals surface area contributed by atoms with Gasteiger partial charge in [0, 0.05) is 37.6 Å². The summed E-state index contributed by atoms with van der Waals surface area (Å²) in [5.74, 6) is -22.5. The van der Waals surface area contributed by atoms with Crippen molar-refractivity contribution in [3.63, 3.8) is 0 Å². The number of imidazole rings is 1. The minimum atomic E-state index is -2.20. The van der Waals surface area contributed by atoms with Gasteiger partial charge in [-0.15, -0.1) is 0 Å². The summed E-state index contributed by atoms with van der Waals surface area (Å²) in [5.41, 5.74) is 29.0. The molecule has 15 amide bonds. The fraction of sp³-hybridized carbons (Fsp3) is 0.543. The third kappa shape index (κ3) is 34.9. The predicted octanol–water partition coefficient (Wildman–Crippen LogP) is -10.5. The van der Waals surface area contributed by atoms with E-state index in [4.69, 9.17) is 28.7 Å². The zero-order valence-electron chi connectivity index (χ0n) is 63.6. The Morgan fingerprint density at radius 2 is 0.809 bits per heavy atom. The first kappa shape index (κ1) is 97.2. The minimum Gasteiger partial charge on any atom is -0.508 e. The van der Waals surface area contributed by atoms with Crippen LogP contribution in [-0.4, -0.2) is 275 Å². The molecule has 115 heavy (non-hydrogen) atoms. The summed E-state index contributed by atoms with van der Waals surface area (Å²) < 4.78 is 0. The fourth-order valence-corrected chi connectivity index (χ4v) is 10.9. The summed E-state index contributed by atoms with van der Waals surface area (Å²) >= 11 is 0. The number of hydrogen-bond donors (Lipinski definition) is 27. The fourth-order valence-electron chi connectivity index (χ4n) is 10.9. The van der Waals surface area contributed by atoms with Gasteiger partial charge >= 0.3 is 11.9 Å². The summed E-state index contributed by atoms with van der Waals surface area (Å²) in [6, 6.07) is -12.7. The number of benzene rings is 2. The van der Waals surface area contributed by atoms with E-state index >= 15 is 0 Å². The molecule has 45 heteroatoms. The maximum atomic E-state index is 14.4. The lowest BCUT2D eigenvalue weighted by Crippen LogP contribution is -2.63. The normalized spacial score (nSPS) is 15.0. The van der Waals surface area contributed by atoms with Crippen molar-refractivity contribution in [2.24, 2.45) is 34.6 Å². The van der Waals surface area contributed by atoms with Crippen molar-refractivity contribution in [2.75, 3.05) is 32.8 Å². The lowest BCUT2D eigenvalue weighted by atomic mass is 10.0. The largest absolute Gasteiger partial charge is 0.508 e. The molecular weight excluding hydrogens is 1520 g/mol. The molecule has 3 rings (SSSR count). The maximum Gasteiger partial charge on any atom is 0.326 e. The number of aliphatic hydroxyl groups is 4. The van der Waals surface area contributed by atoms with Gasteiger partial charge in [-0.2, -0.15) is 0 Å². The number of aromatic amines is 1. The number of carbonyl (C=O) groups excluding carboxylic acids is 15. The first-order valence-corrected chi connectivity index (χ1v) is 36.4. The molecule has 0 radical (unpaired) electrons. The van der Waals surface area contributed by atoms with Crippen molar-refractivity contribution in [1.29, 1.82) is 0 Å². The number of primary amides is 2. The van der Waals surface area contributed by atoms with Crippen LogP contribution >= 0.6 is 0 Å². The van der Waals surface area contributed by atoms with Crippen LogP contribution in [0.4, 0.5) is 0 Å². The zero-order valence-corrected chi connectivity index (χ0v) is 63.6. The number of aliphatic carboxylic acids is 2. The van der Waals surface area contributed by atoms with Gasteiger partial charge in [-0.3, -0.25) is 76.7 Å². The molecule has 0 aliphatic carbocycles. The number of phenolic OH excluding ortho intramolecular Hbond substituents is 2. The number of aliphatic hydroxyl groups excluding tert-OH is 4. The SMILES string of the molecule is CC(C)[C@H](NC(=O)[C@H](CC(=O)O)NC(=O)[C@H](CC(N)=O)NC(=O)[C@@H](NC(=O)[C@H](Cc1ccc(O)cc1)NC(=O)[C@@H](NC(=O)CNC(=O)[C@H](CCC(N)=O)NC(=O)[C@@H](CO)NC(=O)[C@@H](N)Cc1cnc[nH]1)[C@@H](C)O)[C@@H](C)O)C(=O)N[C@@H](CO)C(=O)N[C@@H](CCCCN)C(=O)N[C@@H](Cc1ccc(O)cc1)C(=O)N[C@@H](CCCCN)C(=O)O. The minimum absolute atomic E-state index is 0.0230. The standard InChI is InChI=1S/C70H106N20O25/c1-33(2)55(67(111)87-50(31-92)66(110)79-42(9-5-7-21-71)60(104)82-45(23-36-11-15-39(95)16-12-36)61(105)81-44(70(114)115)10-6-8-22-72)89-64(108)48(27-54(100)101)83-62(106)47(26-52(75)98)85-69(113)57(35(4)94)90-63(107)46(24-37-13-17-40(96)18-14-37)84-68(112)56(34(3)93)88-53(99)29-77-59(103)43(19-20-51(74)97)80-65(109)49(30-91)86-58(102)41(73)25-38-28-76-32-78-38/h11-18,28,32-35,41-50,55-57,91-96H,5-10,19-27,29-31,71-73H2,1-4H3,(H2,74,97)(H2,75,98)(H,76,78)(H,77,103)(H,79,110)(H,80,109)(H,81,105)(H,82,104)(H,83,106)(H,84,112)(H,85,113)(H,86,102)(H,87,111)(H,88,99)(H,89,108)(H,90,107)(H,100,101)(H,114,115)/t34-,35-,41+,42+,43+,44+,45+,46+,47+,48+,49-,50+,55+,56+,57+/m1/s1. The average Bonchev–Trinajstić information content (AvgIpc) is 1.45. The third-order valence-electron chi connectivity index (χ3n) is 17.3. The molecule has 636 valence electrons. The van der Waals surface area contributed by atoms with Gasteiger partial charge in [0.05, 0.1) is 57.2 Å². The number of aromatic hydroxyl groups is 2. The molecule has 0 bridgehead atoms. The van der Waals surface area contributed by atoms with Gasteiger partial charge in [0.1, 0.15) is 84.0 Å². The van der Waals surface area contributed by atoms with Crippen LogP contribution in [0, 0.1) is 5.92 Å². The Morgan fingerprint density at radius 1 is 0.426 bits per heavy atom. The number of carbonyl (C=O) groups is 17. The molecule has 2 aromatic carbocycles. The smallest absolute Gasteiger partial charge is 0.326 e. The average molecular weight is 1630 g/mol. The van der Waals surface area contributed by atoms with Gasteiger partial charge in [-0.1, -0.05) is 38.1 Å². The van der Waals surface area contributed by atoms with E-state index in [1.54, 1.807) is 0 Å². The lowest BCUT2D eigenvalue weighted by molar-refractivity contribution is -0.142. The van der Waals surface area contributed by atoms with E-state index in [0.717, 1.165) is 13.8 Å². The maximum absolute atomic E-state index is 14.4. The number of carboxylic acids is 2. The highest BCUT2D eigenvalue weighted by Crippen LogP contribution is 2.16. The number of carboxylic acid groups (broad SMARTS) is 2. The Morgan fingerprint density at radius 3 is 1.26 bits per heavy atom. The Hall–Kier alpha value is -12.0. The first-order chi connectivity index (χ1) is 54.2. The lowest BCUT2D eigenvalue weighted by Gasteiger charge is -2.29. The van der Waals surface area contributed by atoms with Gasteiger partial charge in [0.2, 0.25) is 88.6 Å². The van der Waals surface area contributed by atoms with Gasteiger partial charge in [0.25, 0.3) is 0 Å². The number of amides is 15. The van der Waals surface area contributed by atoms with Crippen molar-refractivity contribution in [3.8, 4) is 11.5 Å². The molecule has 0 fully saturated rings. The van der Waals surface area contributed by atoms with Crippen molar-refractivity contribution in [1.82, 2.24) is 79.1 Å². The first-order valence-electron chi connectivity index (χ1n) is 36.4. The van der Waals surface area contributed by atoms with E-state index in [9.17, 15) is 122 Å². The van der Waals surface area contributed by atoms with Crippen LogP contribution in [0.15, 0.2) is 61.1 Å². The molecule has 1 aromatic heterocycles. The molecule has 0 aliphatic rings. The summed E-state index contributed by atoms with van der Waals surface area (Å²) in [6.07, 6.45) is -4.21. The molecule has 45 nitrogen and oxygen atoms in total. The molecule has 0 unspecified atom stereocenters. The monoisotopic (exact) mass is 1630 g/mol. The summed E-state index contributed by atoms with van der Waals surface area (Å²) in [6.45, 7) is 1.93. The van der Waals surface area contributed by atoms with Gasteiger partial charge in [0.15, 0.2) is 0 Å². The number of nitrogens with two attached hydrogens (primary N) is 5. The number of nitrogens with zero attached hydrogens (tertiary/aromatic N) is 1. The molecular formula is C70H106N20O25. The van der Waals surface area contributed by atoms with Crippen LogP contribution in [0.1, 0.15) is 109 Å². The van der Waals surface area contributed by atoms with Crippen molar-refractivity contribution in [2.45, 2.75) is 202 Å². The molecule has 1 heterocycles. The number of phenols is 2. The Balaban J connectivity index is 1.85. The topological polar surface area (TPSA) is 767 Å². The van der Waals surface area contributed by atoms with Crippen LogP contribution in [-0.2, 0) is 101 Å². The predicted molar refractivity (Wildman–Crippen MR) is 400 cm³/mol. The number of rotatable bonds is 53. The van der Waals surface area contributed by atoms with Crippen LogP contribution in [0.2, 0.25) is 0 Å². The van der Waals surface area contributed by atoms with Crippen molar-refractivity contribution >= 4 is 101 Å². The number of H-pyrrole nitrogens is 1. The number of nitrogens with one attached hydrogen (secondary N) is 14.